The molecule has 2 N–H and O–H groups in total. The first-order valence-corrected chi connectivity index (χ1v) is 10.2. The fraction of sp³-hybridized carbons (Fsp3) is 0.391. The zero-order chi connectivity index (χ0) is 23.8. The van der Waals surface area contributed by atoms with E-state index >= 15 is 0 Å². The number of carbonyl (C=O) groups excluding carboxylic acids is 2. The SMILES string of the molecule is COc1cc(CCNC(=O)[C@@H](NC(=O)c2cccc(C)c2)C(C)C)c([N+](=O)[O-])cc1OC. The lowest BCUT2D eigenvalue weighted by atomic mass is 10.0. The van der Waals surface area contributed by atoms with E-state index in [1.165, 1.54) is 26.4 Å². The first-order valence-electron chi connectivity index (χ1n) is 10.2. The Kier molecular flexibility index (Phi) is 8.57. The van der Waals surface area contributed by atoms with Gasteiger partial charge in [0.1, 0.15) is 6.04 Å². The summed E-state index contributed by atoms with van der Waals surface area (Å²) in [5.41, 5.74) is 1.70. The molecule has 0 unspecified atom stereocenters. The van der Waals surface area contributed by atoms with E-state index in [1.807, 2.05) is 26.8 Å². The largest absolute Gasteiger partial charge is 0.493 e. The van der Waals surface area contributed by atoms with Crippen LogP contribution in [0.1, 0.15) is 35.3 Å². The minimum absolute atomic E-state index is 0.120. The van der Waals surface area contributed by atoms with Gasteiger partial charge in [-0.25, -0.2) is 0 Å². The monoisotopic (exact) mass is 443 g/mol. The Morgan fingerprint density at radius 2 is 1.75 bits per heavy atom. The van der Waals surface area contributed by atoms with E-state index in [0.717, 1.165) is 5.56 Å². The number of hydrogen-bond acceptors (Lipinski definition) is 6. The third kappa shape index (κ3) is 6.19. The van der Waals surface area contributed by atoms with Crippen molar-refractivity contribution >= 4 is 17.5 Å². The third-order valence-electron chi connectivity index (χ3n) is 4.99. The fourth-order valence-electron chi connectivity index (χ4n) is 3.26. The Labute approximate surface area is 187 Å². The van der Waals surface area contributed by atoms with Gasteiger partial charge in [-0.15, -0.1) is 0 Å². The van der Waals surface area contributed by atoms with Crippen molar-refractivity contribution in [2.45, 2.75) is 33.2 Å². The van der Waals surface area contributed by atoms with Crippen molar-refractivity contribution in [3.05, 3.63) is 63.2 Å². The second-order valence-electron chi connectivity index (χ2n) is 7.70. The number of hydrogen-bond donors (Lipinski definition) is 2. The van der Waals surface area contributed by atoms with Gasteiger partial charge < -0.3 is 20.1 Å². The smallest absolute Gasteiger partial charge is 0.276 e. The molecule has 1 atom stereocenters. The van der Waals surface area contributed by atoms with Crippen molar-refractivity contribution in [2.24, 2.45) is 5.92 Å². The van der Waals surface area contributed by atoms with Crippen LogP contribution in [0.15, 0.2) is 36.4 Å². The number of carbonyl (C=O) groups is 2. The van der Waals surface area contributed by atoms with Crippen molar-refractivity contribution in [3.8, 4) is 11.5 Å². The molecule has 0 heterocycles. The van der Waals surface area contributed by atoms with E-state index in [0.29, 0.717) is 16.9 Å². The zero-order valence-corrected chi connectivity index (χ0v) is 18.9. The van der Waals surface area contributed by atoms with Crippen molar-refractivity contribution < 1.29 is 24.0 Å². The van der Waals surface area contributed by atoms with Crippen LogP contribution < -0.4 is 20.1 Å². The molecule has 0 radical (unpaired) electrons. The highest BCUT2D eigenvalue weighted by Crippen LogP contribution is 2.34. The van der Waals surface area contributed by atoms with Crippen molar-refractivity contribution in [3.63, 3.8) is 0 Å². The summed E-state index contributed by atoms with van der Waals surface area (Å²) >= 11 is 0. The van der Waals surface area contributed by atoms with E-state index in [2.05, 4.69) is 10.6 Å². The van der Waals surface area contributed by atoms with Gasteiger partial charge in [0.05, 0.1) is 25.2 Å². The molecule has 172 valence electrons. The molecule has 2 amide bonds. The number of nitro benzene ring substituents is 1. The Hall–Kier alpha value is -3.62. The van der Waals surface area contributed by atoms with Crippen LogP contribution in [0, 0.1) is 23.0 Å². The first kappa shape index (κ1) is 24.6. The van der Waals surface area contributed by atoms with Gasteiger partial charge in [0.25, 0.3) is 11.6 Å². The maximum Gasteiger partial charge on any atom is 0.276 e. The Morgan fingerprint density at radius 3 is 2.31 bits per heavy atom. The molecule has 0 saturated carbocycles. The number of nitro groups is 1. The number of methoxy groups -OCH3 is 2. The molecular formula is C23H29N3O6. The van der Waals surface area contributed by atoms with Crippen LogP contribution in [0.5, 0.6) is 11.5 Å². The Morgan fingerprint density at radius 1 is 1.09 bits per heavy atom. The summed E-state index contributed by atoms with van der Waals surface area (Å²) in [6.07, 6.45) is 0.207. The lowest BCUT2D eigenvalue weighted by Gasteiger charge is -2.22. The predicted molar refractivity (Wildman–Crippen MR) is 120 cm³/mol. The van der Waals surface area contributed by atoms with Gasteiger partial charge in [-0.2, -0.15) is 0 Å². The van der Waals surface area contributed by atoms with Crippen molar-refractivity contribution in [1.29, 1.82) is 0 Å². The molecule has 0 fully saturated rings. The molecule has 0 aliphatic rings. The first-order chi connectivity index (χ1) is 15.2. The topological polar surface area (TPSA) is 120 Å². The van der Waals surface area contributed by atoms with E-state index in [4.69, 9.17) is 9.47 Å². The van der Waals surface area contributed by atoms with E-state index < -0.39 is 11.0 Å². The highest BCUT2D eigenvalue weighted by atomic mass is 16.6. The summed E-state index contributed by atoms with van der Waals surface area (Å²) in [6.45, 7) is 5.70. The second kappa shape index (κ2) is 11.1. The van der Waals surface area contributed by atoms with E-state index in [1.54, 1.807) is 18.2 Å². The van der Waals surface area contributed by atoms with Crippen LogP contribution in [0.4, 0.5) is 5.69 Å². The van der Waals surface area contributed by atoms with Crippen LogP contribution in [0.3, 0.4) is 0 Å². The van der Waals surface area contributed by atoms with Crippen LogP contribution in [0.2, 0.25) is 0 Å². The van der Waals surface area contributed by atoms with Gasteiger partial charge in [0, 0.05) is 17.7 Å². The standard InChI is InChI=1S/C23H29N3O6/c1-14(2)21(25-22(27)17-8-6-7-15(3)11-17)23(28)24-10-9-16-12-19(31-4)20(32-5)13-18(16)26(29)30/h6-8,11-14,21H,9-10H2,1-5H3,(H,24,28)(H,25,27)/t21-/m0/s1. The summed E-state index contributed by atoms with van der Waals surface area (Å²) in [5.74, 6) is -0.225. The van der Waals surface area contributed by atoms with Gasteiger partial charge in [-0.05, 0) is 37.5 Å². The van der Waals surface area contributed by atoms with Gasteiger partial charge in [0.15, 0.2) is 11.5 Å². The zero-order valence-electron chi connectivity index (χ0n) is 18.9. The number of nitrogens with zero attached hydrogens (tertiary/aromatic N) is 1. The molecule has 32 heavy (non-hydrogen) atoms. The van der Waals surface area contributed by atoms with Crippen LogP contribution in [0.25, 0.3) is 0 Å². The molecule has 0 aliphatic heterocycles. The molecular weight excluding hydrogens is 414 g/mol. The molecule has 2 aromatic carbocycles. The second-order valence-corrected chi connectivity index (χ2v) is 7.70. The number of rotatable bonds is 10. The van der Waals surface area contributed by atoms with Crippen LogP contribution in [-0.2, 0) is 11.2 Å². The molecule has 0 bridgehead atoms. The normalized spacial score (nSPS) is 11.6. The molecule has 0 saturated heterocycles. The number of amides is 2. The van der Waals surface area contributed by atoms with Crippen molar-refractivity contribution in [1.82, 2.24) is 10.6 Å². The van der Waals surface area contributed by atoms with Crippen LogP contribution in [-0.4, -0.2) is 43.5 Å². The van der Waals surface area contributed by atoms with Crippen LogP contribution >= 0.6 is 0 Å². The number of benzene rings is 2. The molecule has 9 heteroatoms. The summed E-state index contributed by atoms with van der Waals surface area (Å²) < 4.78 is 10.3. The summed E-state index contributed by atoms with van der Waals surface area (Å²) in [7, 11) is 2.85. The molecule has 0 aliphatic carbocycles. The number of aryl methyl sites for hydroxylation is 1. The molecule has 2 rings (SSSR count). The Balaban J connectivity index is 2.08. The lowest BCUT2D eigenvalue weighted by Crippen LogP contribution is -2.50. The Bertz CT molecular complexity index is 990. The fourth-order valence-corrected chi connectivity index (χ4v) is 3.26. The lowest BCUT2D eigenvalue weighted by molar-refractivity contribution is -0.385. The van der Waals surface area contributed by atoms with E-state index in [9.17, 15) is 19.7 Å². The molecule has 9 nitrogen and oxygen atoms in total. The van der Waals surface area contributed by atoms with E-state index in [-0.39, 0.29) is 42.1 Å². The predicted octanol–water partition coefficient (Wildman–Crippen LogP) is 3.03. The average molecular weight is 444 g/mol. The number of ether oxygens (including phenoxy) is 2. The summed E-state index contributed by atoms with van der Waals surface area (Å²) in [6, 6.07) is 9.19. The highest BCUT2D eigenvalue weighted by molar-refractivity contribution is 5.97. The highest BCUT2D eigenvalue weighted by Gasteiger charge is 2.25. The summed E-state index contributed by atoms with van der Waals surface area (Å²) in [5, 5.41) is 17.0. The number of nitrogens with one attached hydrogen (secondary N) is 2. The summed E-state index contributed by atoms with van der Waals surface area (Å²) in [4.78, 5) is 36.3. The quantitative estimate of drug-likeness (QED) is 0.430. The minimum atomic E-state index is -0.747. The third-order valence-corrected chi connectivity index (χ3v) is 4.99. The van der Waals surface area contributed by atoms with Gasteiger partial charge >= 0.3 is 0 Å². The average Bonchev–Trinajstić information content (AvgIpc) is 2.76. The molecule has 0 aromatic heterocycles. The molecule has 2 aromatic rings. The van der Waals surface area contributed by atoms with Gasteiger partial charge in [-0.1, -0.05) is 31.5 Å². The molecule has 0 spiro atoms. The van der Waals surface area contributed by atoms with Gasteiger partial charge in [0.2, 0.25) is 5.91 Å². The minimum Gasteiger partial charge on any atom is -0.493 e. The maximum absolute atomic E-state index is 12.7. The van der Waals surface area contributed by atoms with Crippen molar-refractivity contribution in [2.75, 3.05) is 20.8 Å². The van der Waals surface area contributed by atoms with Gasteiger partial charge in [-0.3, -0.25) is 19.7 Å². The maximum atomic E-state index is 12.7.